The Morgan fingerprint density at radius 2 is 2.15 bits per heavy atom. The van der Waals surface area contributed by atoms with E-state index in [4.69, 9.17) is 14.8 Å². The predicted molar refractivity (Wildman–Crippen MR) is 116 cm³/mol. The van der Waals surface area contributed by atoms with E-state index in [1.807, 2.05) is 44.9 Å². The molecule has 27 heavy (non-hydrogen) atoms. The number of aromatic nitrogens is 3. The molecule has 3 heterocycles. The van der Waals surface area contributed by atoms with Crippen LogP contribution in [0, 0.1) is 0 Å². The molecule has 1 aliphatic rings. The van der Waals surface area contributed by atoms with Crippen molar-refractivity contribution in [2.75, 3.05) is 31.7 Å². The molecule has 145 valence electrons. The van der Waals surface area contributed by atoms with Gasteiger partial charge < -0.3 is 9.64 Å². The number of hydrogen-bond donors (Lipinski definition) is 0. The monoisotopic (exact) mass is 368 g/mol. The number of rotatable bonds is 4. The lowest BCUT2D eigenvalue weighted by Gasteiger charge is -2.34. The van der Waals surface area contributed by atoms with Gasteiger partial charge in [0.15, 0.2) is 0 Å². The molecule has 1 atom stereocenters. The highest BCUT2D eigenvalue weighted by Gasteiger charge is 2.22. The van der Waals surface area contributed by atoms with Gasteiger partial charge in [0.1, 0.15) is 24.3 Å². The van der Waals surface area contributed by atoms with Crippen LogP contribution >= 0.6 is 0 Å². The zero-order chi connectivity index (χ0) is 19.8. The van der Waals surface area contributed by atoms with E-state index in [2.05, 4.69) is 35.9 Å². The Bertz CT molecular complexity index is 799. The lowest BCUT2D eigenvalue weighted by Crippen LogP contribution is -2.44. The van der Waals surface area contributed by atoms with Crippen LogP contribution in [0.2, 0.25) is 13.6 Å². The molecule has 1 radical (unpaired) electrons. The number of aliphatic imine (C=N–C) groups is 1. The fourth-order valence-electron chi connectivity index (χ4n) is 3.10. The highest BCUT2D eigenvalue weighted by atomic mass is 16.5. The van der Waals surface area contributed by atoms with Crippen LogP contribution in [0.1, 0.15) is 26.0 Å². The highest BCUT2D eigenvalue weighted by molar-refractivity contribution is 6.31. The molecule has 0 aliphatic carbocycles. The summed E-state index contributed by atoms with van der Waals surface area (Å²) in [4.78, 5) is 11.3. The quantitative estimate of drug-likeness (QED) is 0.613. The minimum atomic E-state index is 0.331. The second-order valence-electron chi connectivity index (χ2n) is 6.66. The maximum Gasteiger partial charge on any atom is 0.129 e. The summed E-state index contributed by atoms with van der Waals surface area (Å²) in [7, 11) is 5.74. The van der Waals surface area contributed by atoms with Crippen LogP contribution < -0.4 is 4.90 Å². The number of pyridine rings is 1. The standard InChI is InChI=1S/C18H25N5O.C2H6B/c1-5-14(8-9-19-3)17-18-15(22(4)21-17)6-7-16(20-18)23-10-11-24-12-13(23)2;1-3-2/h6-9,13H,5,10-12H2,1-4H3;1-2H3/b14-8+,19-9?;/t13-;/m1./s1. The van der Waals surface area contributed by atoms with Crippen LogP contribution in [0.4, 0.5) is 5.82 Å². The van der Waals surface area contributed by atoms with Crippen molar-refractivity contribution in [3.8, 4) is 0 Å². The van der Waals surface area contributed by atoms with E-state index in [0.29, 0.717) is 6.04 Å². The first-order valence-electron chi connectivity index (χ1n) is 9.61. The third kappa shape index (κ3) is 4.98. The van der Waals surface area contributed by atoms with Gasteiger partial charge in [-0.2, -0.15) is 5.10 Å². The van der Waals surface area contributed by atoms with Gasteiger partial charge in [-0.25, -0.2) is 4.98 Å². The zero-order valence-electron chi connectivity index (χ0n) is 17.4. The molecule has 1 saturated heterocycles. The maximum absolute atomic E-state index is 5.54. The first-order chi connectivity index (χ1) is 13.1. The third-order valence-electron chi connectivity index (χ3n) is 4.45. The molecule has 2 aromatic rings. The minimum absolute atomic E-state index is 0.331. The predicted octanol–water partition coefficient (Wildman–Crippen LogP) is 3.47. The molecular weight excluding hydrogens is 337 g/mol. The minimum Gasteiger partial charge on any atom is -0.377 e. The van der Waals surface area contributed by atoms with Crippen molar-refractivity contribution in [2.24, 2.45) is 12.0 Å². The van der Waals surface area contributed by atoms with E-state index >= 15 is 0 Å². The number of morpholine rings is 1. The molecule has 1 fully saturated rings. The van der Waals surface area contributed by atoms with Gasteiger partial charge in [0.25, 0.3) is 0 Å². The number of aryl methyl sites for hydroxylation is 1. The van der Waals surface area contributed by atoms with Gasteiger partial charge in [0.2, 0.25) is 0 Å². The Hall–Kier alpha value is -2.15. The van der Waals surface area contributed by atoms with Crippen LogP contribution in [0.5, 0.6) is 0 Å². The molecule has 3 rings (SSSR count). The molecule has 0 aromatic carbocycles. The number of anilines is 1. The van der Waals surface area contributed by atoms with E-state index in [1.165, 1.54) is 0 Å². The number of fused-ring (bicyclic) bond motifs is 1. The molecule has 1 aliphatic heterocycles. The lowest BCUT2D eigenvalue weighted by atomic mass is 9.88. The van der Waals surface area contributed by atoms with Crippen molar-refractivity contribution in [1.82, 2.24) is 14.8 Å². The van der Waals surface area contributed by atoms with Crippen molar-refractivity contribution >= 4 is 35.9 Å². The second kappa shape index (κ2) is 10.3. The average Bonchev–Trinajstić information content (AvgIpc) is 3.00. The molecule has 0 N–H and O–H groups in total. The Balaban J connectivity index is 0.000000817. The van der Waals surface area contributed by atoms with Gasteiger partial charge in [-0.1, -0.05) is 20.6 Å². The highest BCUT2D eigenvalue weighted by Crippen LogP contribution is 2.27. The summed E-state index contributed by atoms with van der Waals surface area (Å²) < 4.78 is 7.44. The van der Waals surface area contributed by atoms with Gasteiger partial charge in [-0.3, -0.25) is 9.67 Å². The smallest absolute Gasteiger partial charge is 0.129 e. The van der Waals surface area contributed by atoms with Gasteiger partial charge >= 0.3 is 0 Å². The van der Waals surface area contributed by atoms with Crippen LogP contribution in [-0.4, -0.2) is 61.1 Å². The second-order valence-corrected chi connectivity index (χ2v) is 6.66. The molecule has 0 bridgehead atoms. The Morgan fingerprint density at radius 3 is 2.78 bits per heavy atom. The molecule has 7 heteroatoms. The van der Waals surface area contributed by atoms with E-state index < -0.39 is 0 Å². The van der Waals surface area contributed by atoms with Crippen LogP contribution in [-0.2, 0) is 11.8 Å². The molecule has 0 amide bonds. The fraction of sp³-hybridized carbons (Fsp3) is 0.550. The van der Waals surface area contributed by atoms with E-state index in [-0.39, 0.29) is 0 Å². The van der Waals surface area contributed by atoms with E-state index in [9.17, 15) is 0 Å². The lowest BCUT2D eigenvalue weighted by molar-refractivity contribution is 0.0986. The van der Waals surface area contributed by atoms with E-state index in [1.54, 1.807) is 7.05 Å². The Morgan fingerprint density at radius 1 is 1.41 bits per heavy atom. The van der Waals surface area contributed by atoms with Gasteiger partial charge in [0.05, 0.1) is 24.8 Å². The topological polar surface area (TPSA) is 55.5 Å². The van der Waals surface area contributed by atoms with E-state index in [0.717, 1.165) is 54.3 Å². The number of ether oxygens (including phenoxy) is 1. The summed E-state index contributed by atoms with van der Waals surface area (Å²) in [5.74, 6) is 0.993. The van der Waals surface area contributed by atoms with Crippen LogP contribution in [0.3, 0.4) is 0 Å². The summed E-state index contributed by atoms with van der Waals surface area (Å²) in [6, 6.07) is 4.52. The van der Waals surface area contributed by atoms with Crippen LogP contribution in [0.15, 0.2) is 23.2 Å². The normalized spacial score (nSPS) is 17.9. The number of nitrogens with zero attached hydrogens (tertiary/aromatic N) is 5. The van der Waals surface area contributed by atoms with Crippen molar-refractivity contribution in [1.29, 1.82) is 0 Å². The summed E-state index contributed by atoms with van der Waals surface area (Å²) in [6.45, 7) is 10.7. The molecule has 0 unspecified atom stereocenters. The van der Waals surface area contributed by atoms with Gasteiger partial charge in [-0.15, -0.1) is 0 Å². The fourth-order valence-corrected chi connectivity index (χ4v) is 3.10. The molecule has 0 spiro atoms. The van der Waals surface area contributed by atoms with Crippen molar-refractivity contribution < 1.29 is 4.74 Å². The molecule has 6 nitrogen and oxygen atoms in total. The molecule has 0 saturated carbocycles. The van der Waals surface area contributed by atoms with Crippen molar-refractivity contribution in [3.63, 3.8) is 0 Å². The third-order valence-corrected chi connectivity index (χ3v) is 4.45. The summed E-state index contributed by atoms with van der Waals surface area (Å²) in [6.07, 6.45) is 4.72. The average molecular weight is 368 g/mol. The first kappa shape index (κ1) is 21.2. The Kier molecular flexibility index (Phi) is 8.04. The summed E-state index contributed by atoms with van der Waals surface area (Å²) >= 11 is 0. The van der Waals surface area contributed by atoms with Crippen molar-refractivity contribution in [2.45, 2.75) is 40.0 Å². The van der Waals surface area contributed by atoms with Gasteiger partial charge in [0, 0.05) is 26.9 Å². The molecule has 2 aromatic heterocycles. The summed E-state index contributed by atoms with van der Waals surface area (Å²) in [5.41, 5.74) is 4.08. The Labute approximate surface area is 163 Å². The zero-order valence-corrected chi connectivity index (χ0v) is 17.4. The first-order valence-corrected chi connectivity index (χ1v) is 9.61. The number of hydrogen-bond acceptors (Lipinski definition) is 5. The van der Waals surface area contributed by atoms with Gasteiger partial charge in [-0.05, 0) is 37.1 Å². The van der Waals surface area contributed by atoms with Crippen molar-refractivity contribution in [3.05, 3.63) is 23.9 Å². The molecular formula is C20H31BN5O. The van der Waals surface area contributed by atoms with Crippen LogP contribution in [0.25, 0.3) is 16.6 Å². The maximum atomic E-state index is 5.54. The SMILES string of the molecule is CC/C(=C\C=NC)c1nn(C)c2ccc(N3CCOC[C@H]3C)nc12.C[B]C. The number of allylic oxidation sites excluding steroid dienone is 2. The largest absolute Gasteiger partial charge is 0.377 e. The summed E-state index contributed by atoms with van der Waals surface area (Å²) in [5, 5.41) is 4.70.